The molecule has 0 radical (unpaired) electrons. The molecule has 1 atom stereocenters. The molecule has 0 heterocycles. The van der Waals surface area contributed by atoms with Crippen molar-refractivity contribution >= 4 is 95.6 Å². The number of ether oxygens (including phenoxy) is 1. The molecule has 0 bridgehead atoms. The molecule has 0 aliphatic rings. The molecule has 1 amide bonds. The molecule has 29 heavy (non-hydrogen) atoms. The molecular formula is C18H16Br2Cl3N3O2S. The highest BCUT2D eigenvalue weighted by Crippen LogP contribution is 2.35. The van der Waals surface area contributed by atoms with E-state index < -0.39 is 9.96 Å². The molecule has 2 aromatic carbocycles. The summed E-state index contributed by atoms with van der Waals surface area (Å²) in [4.78, 5) is 12.4. The second-order valence-corrected chi connectivity index (χ2v) is 10.3. The van der Waals surface area contributed by atoms with Crippen molar-refractivity contribution in [2.75, 3.05) is 12.4 Å². The van der Waals surface area contributed by atoms with E-state index >= 15 is 0 Å². The summed E-state index contributed by atoms with van der Waals surface area (Å²) in [6.45, 7) is 0. The minimum Gasteiger partial charge on any atom is -0.497 e. The fourth-order valence-electron chi connectivity index (χ4n) is 2.26. The first-order chi connectivity index (χ1) is 13.6. The van der Waals surface area contributed by atoms with Crippen molar-refractivity contribution in [3.05, 3.63) is 57.0 Å². The SMILES string of the molecule is COc1cc(Br)c(NC(=S)N[C@H](NC(=O)Cc2ccccc2)C(Cl)(Cl)Cl)c(Br)c1. The maximum absolute atomic E-state index is 12.4. The molecule has 3 N–H and O–H groups in total. The molecule has 0 saturated carbocycles. The second kappa shape index (κ2) is 11.0. The highest BCUT2D eigenvalue weighted by atomic mass is 79.9. The minimum absolute atomic E-state index is 0.134. The number of alkyl halides is 3. The average Bonchev–Trinajstić information content (AvgIpc) is 2.64. The third-order valence-electron chi connectivity index (χ3n) is 3.61. The van der Waals surface area contributed by atoms with Gasteiger partial charge in [0.15, 0.2) is 5.11 Å². The van der Waals surface area contributed by atoms with E-state index in [4.69, 9.17) is 51.8 Å². The first kappa shape index (κ1) is 24.5. The normalized spacial score (nSPS) is 12.1. The topological polar surface area (TPSA) is 62.4 Å². The summed E-state index contributed by atoms with van der Waals surface area (Å²) < 4.78 is 4.76. The lowest BCUT2D eigenvalue weighted by Crippen LogP contribution is -2.56. The predicted molar refractivity (Wildman–Crippen MR) is 130 cm³/mol. The van der Waals surface area contributed by atoms with Gasteiger partial charge in [-0.1, -0.05) is 65.1 Å². The van der Waals surface area contributed by atoms with Crippen LogP contribution in [0.3, 0.4) is 0 Å². The summed E-state index contributed by atoms with van der Waals surface area (Å²) in [5.41, 5.74) is 1.47. The second-order valence-electron chi connectivity index (χ2n) is 5.77. The number of hydrogen-bond donors (Lipinski definition) is 3. The van der Waals surface area contributed by atoms with Gasteiger partial charge in [-0.15, -0.1) is 0 Å². The number of methoxy groups -OCH3 is 1. The Labute approximate surface area is 206 Å². The van der Waals surface area contributed by atoms with Gasteiger partial charge in [0, 0.05) is 8.95 Å². The van der Waals surface area contributed by atoms with Crippen LogP contribution < -0.4 is 20.7 Å². The Bertz CT molecular complexity index is 859. The molecule has 2 aromatic rings. The van der Waals surface area contributed by atoms with E-state index in [-0.39, 0.29) is 17.4 Å². The van der Waals surface area contributed by atoms with Gasteiger partial charge in [0.25, 0.3) is 0 Å². The number of hydrogen-bond acceptors (Lipinski definition) is 3. The zero-order chi connectivity index (χ0) is 21.6. The summed E-state index contributed by atoms with van der Waals surface area (Å²) >= 11 is 30.3. The van der Waals surface area contributed by atoms with Crippen molar-refractivity contribution in [1.82, 2.24) is 10.6 Å². The van der Waals surface area contributed by atoms with Gasteiger partial charge in [0.05, 0.1) is 19.2 Å². The Morgan fingerprint density at radius 3 is 2.24 bits per heavy atom. The first-order valence-electron chi connectivity index (χ1n) is 8.10. The van der Waals surface area contributed by atoms with Crippen LogP contribution in [0.1, 0.15) is 5.56 Å². The molecule has 11 heteroatoms. The molecule has 0 spiro atoms. The van der Waals surface area contributed by atoms with Gasteiger partial charge in [-0.25, -0.2) is 0 Å². The quantitative estimate of drug-likeness (QED) is 0.229. The number of benzene rings is 2. The minimum atomic E-state index is -1.84. The van der Waals surface area contributed by atoms with Crippen LogP contribution in [-0.2, 0) is 11.2 Å². The van der Waals surface area contributed by atoms with Crippen molar-refractivity contribution in [2.24, 2.45) is 0 Å². The molecule has 0 saturated heterocycles. The molecule has 2 rings (SSSR count). The highest BCUT2D eigenvalue weighted by Gasteiger charge is 2.34. The molecule has 156 valence electrons. The smallest absolute Gasteiger partial charge is 0.228 e. The van der Waals surface area contributed by atoms with Crippen LogP contribution in [0.2, 0.25) is 0 Å². The summed E-state index contributed by atoms with van der Waals surface area (Å²) in [5.74, 6) is 0.329. The average molecular weight is 605 g/mol. The molecule has 0 fully saturated rings. The Kier molecular flexibility index (Phi) is 9.31. The van der Waals surface area contributed by atoms with Gasteiger partial charge in [0.1, 0.15) is 11.9 Å². The van der Waals surface area contributed by atoms with Gasteiger partial charge < -0.3 is 20.7 Å². The molecular weight excluding hydrogens is 588 g/mol. The van der Waals surface area contributed by atoms with E-state index in [2.05, 4.69) is 47.8 Å². The Hall–Kier alpha value is -0.770. The van der Waals surface area contributed by atoms with Crippen LogP contribution in [0.15, 0.2) is 51.4 Å². The zero-order valence-corrected chi connectivity index (χ0v) is 21.2. The molecule has 5 nitrogen and oxygen atoms in total. The van der Waals surface area contributed by atoms with Crippen LogP contribution in [0.4, 0.5) is 5.69 Å². The van der Waals surface area contributed by atoms with Crippen molar-refractivity contribution < 1.29 is 9.53 Å². The van der Waals surface area contributed by atoms with E-state index in [1.165, 1.54) is 0 Å². The lowest BCUT2D eigenvalue weighted by atomic mass is 10.1. The summed E-state index contributed by atoms with van der Waals surface area (Å²) in [6.07, 6.45) is -0.922. The van der Waals surface area contributed by atoms with Gasteiger partial charge in [-0.05, 0) is 61.8 Å². The predicted octanol–water partition coefficient (Wildman–Crippen LogP) is 5.56. The number of carbonyl (C=O) groups is 1. The van der Waals surface area contributed by atoms with Crippen LogP contribution in [-0.4, -0.2) is 28.1 Å². The number of halogens is 5. The summed E-state index contributed by atoms with van der Waals surface area (Å²) in [6, 6.07) is 12.8. The van der Waals surface area contributed by atoms with Crippen LogP contribution >= 0.6 is 78.9 Å². The number of anilines is 1. The molecule has 0 aromatic heterocycles. The van der Waals surface area contributed by atoms with Crippen molar-refractivity contribution in [3.8, 4) is 5.75 Å². The largest absolute Gasteiger partial charge is 0.497 e. The van der Waals surface area contributed by atoms with Gasteiger partial charge in [-0.3, -0.25) is 4.79 Å². The van der Waals surface area contributed by atoms with E-state index in [1.807, 2.05) is 30.3 Å². The maximum atomic E-state index is 12.4. The number of carbonyl (C=O) groups excluding carboxylic acids is 1. The van der Waals surface area contributed by atoms with Gasteiger partial charge >= 0.3 is 0 Å². The van der Waals surface area contributed by atoms with Crippen molar-refractivity contribution in [1.29, 1.82) is 0 Å². The lowest BCUT2D eigenvalue weighted by Gasteiger charge is -2.28. The molecule has 0 aliphatic heterocycles. The number of thiocarbonyl (C=S) groups is 1. The third kappa shape index (κ3) is 7.77. The Balaban J connectivity index is 2.06. The first-order valence-corrected chi connectivity index (χ1v) is 11.2. The number of rotatable bonds is 6. The van der Waals surface area contributed by atoms with Crippen LogP contribution in [0.25, 0.3) is 0 Å². The summed E-state index contributed by atoms with van der Waals surface area (Å²) in [5, 5.41) is 8.62. The van der Waals surface area contributed by atoms with Crippen molar-refractivity contribution in [3.63, 3.8) is 0 Å². The van der Waals surface area contributed by atoms with Gasteiger partial charge in [-0.2, -0.15) is 0 Å². The molecule has 0 unspecified atom stereocenters. The standard InChI is InChI=1S/C18H16Br2Cl3N3O2S/c1-28-11-8-12(19)15(13(20)9-11)25-17(29)26-16(18(21,22)23)24-14(27)7-10-5-3-2-4-6-10/h2-6,8-9,16H,7H2,1H3,(H,24,27)(H2,25,26,29)/t16-/m0/s1. The third-order valence-corrected chi connectivity index (χ3v) is 5.73. The zero-order valence-electron chi connectivity index (χ0n) is 14.9. The van der Waals surface area contributed by atoms with E-state index in [0.29, 0.717) is 20.4 Å². The Morgan fingerprint density at radius 1 is 1.14 bits per heavy atom. The van der Waals surface area contributed by atoms with Crippen molar-refractivity contribution in [2.45, 2.75) is 16.4 Å². The van der Waals surface area contributed by atoms with Crippen LogP contribution in [0.5, 0.6) is 5.75 Å². The van der Waals surface area contributed by atoms with E-state index in [9.17, 15) is 4.79 Å². The Morgan fingerprint density at radius 2 is 1.72 bits per heavy atom. The number of amides is 1. The van der Waals surface area contributed by atoms with E-state index in [1.54, 1.807) is 19.2 Å². The van der Waals surface area contributed by atoms with E-state index in [0.717, 1.165) is 5.56 Å². The fraction of sp³-hybridized carbons (Fsp3) is 0.222. The monoisotopic (exact) mass is 601 g/mol. The van der Waals surface area contributed by atoms with Gasteiger partial charge in [0.2, 0.25) is 9.70 Å². The maximum Gasteiger partial charge on any atom is 0.228 e. The number of nitrogens with one attached hydrogen (secondary N) is 3. The van der Waals surface area contributed by atoms with Crippen LogP contribution in [0, 0.1) is 0 Å². The fourth-order valence-corrected chi connectivity index (χ4v) is 4.15. The highest BCUT2D eigenvalue weighted by molar-refractivity contribution is 9.11. The molecule has 0 aliphatic carbocycles. The lowest BCUT2D eigenvalue weighted by molar-refractivity contribution is -0.121. The summed E-state index contributed by atoms with van der Waals surface area (Å²) in [7, 11) is 1.57.